The van der Waals surface area contributed by atoms with Crippen molar-refractivity contribution in [2.75, 3.05) is 25.9 Å². The van der Waals surface area contributed by atoms with Gasteiger partial charge in [-0.2, -0.15) is 0 Å². The van der Waals surface area contributed by atoms with Gasteiger partial charge in [-0.25, -0.2) is 12.7 Å². The average Bonchev–Trinajstić information content (AvgIpc) is 2.84. The summed E-state index contributed by atoms with van der Waals surface area (Å²) < 4.78 is 27.3. The summed E-state index contributed by atoms with van der Waals surface area (Å²) in [4.78, 5) is 12.7. The summed E-state index contributed by atoms with van der Waals surface area (Å²) in [6, 6.07) is 7.87. The molecule has 1 aromatic carbocycles. The third-order valence-corrected chi connectivity index (χ3v) is 6.96. The van der Waals surface area contributed by atoms with E-state index in [2.05, 4.69) is 21.2 Å². The van der Waals surface area contributed by atoms with Crippen LogP contribution in [0.4, 0.5) is 0 Å². The van der Waals surface area contributed by atoms with Crippen molar-refractivity contribution >= 4 is 42.8 Å². The summed E-state index contributed by atoms with van der Waals surface area (Å²) in [6.45, 7) is 1.61. The van der Waals surface area contributed by atoms with Crippen LogP contribution in [0.3, 0.4) is 0 Å². The molecule has 8 heteroatoms. The molecule has 1 aliphatic rings. The molecule has 0 aliphatic carbocycles. The van der Waals surface area contributed by atoms with Gasteiger partial charge in [0.1, 0.15) is 5.69 Å². The first-order valence-electron chi connectivity index (χ1n) is 8.25. The highest BCUT2D eigenvalue weighted by molar-refractivity contribution is 9.10. The number of fused-ring (bicyclic) bond motifs is 1. The highest BCUT2D eigenvalue weighted by atomic mass is 79.9. The molecule has 3 rings (SSSR count). The van der Waals surface area contributed by atoms with E-state index in [1.165, 1.54) is 10.6 Å². The van der Waals surface area contributed by atoms with Gasteiger partial charge >= 0.3 is 0 Å². The first kappa shape index (κ1) is 18.4. The van der Waals surface area contributed by atoms with E-state index in [1.807, 2.05) is 35.9 Å². The number of carbonyl (C=O) groups excluding carboxylic acids is 1. The predicted octanol–water partition coefficient (Wildman–Crippen LogP) is 2.34. The molecule has 1 N–H and O–H groups in total. The van der Waals surface area contributed by atoms with Gasteiger partial charge in [-0.3, -0.25) is 4.79 Å². The zero-order chi connectivity index (χ0) is 18.2. The standard InChI is InChI=1S/C17H22BrN3O3S/c1-20-14-6-4-3-5-13(14)15(18)16(20)17(22)19-11-12-7-9-21(10-8-12)25(2,23)24/h3-6,12H,7-11H2,1-2H3,(H,19,22). The number of benzene rings is 1. The molecule has 0 saturated carbocycles. The minimum absolute atomic E-state index is 0.115. The Morgan fingerprint density at radius 2 is 1.92 bits per heavy atom. The van der Waals surface area contributed by atoms with Gasteiger partial charge in [0, 0.05) is 37.6 Å². The van der Waals surface area contributed by atoms with Crippen molar-refractivity contribution < 1.29 is 13.2 Å². The van der Waals surface area contributed by atoms with Gasteiger partial charge in [0.15, 0.2) is 0 Å². The van der Waals surface area contributed by atoms with Crippen LogP contribution in [0.15, 0.2) is 28.7 Å². The second-order valence-electron chi connectivity index (χ2n) is 6.55. The lowest BCUT2D eigenvalue weighted by atomic mass is 9.98. The van der Waals surface area contributed by atoms with Crippen molar-refractivity contribution in [2.24, 2.45) is 13.0 Å². The van der Waals surface area contributed by atoms with Gasteiger partial charge in [-0.05, 0) is 40.8 Å². The number of hydrogen-bond acceptors (Lipinski definition) is 3. The number of piperidine rings is 1. The lowest BCUT2D eigenvalue weighted by Gasteiger charge is -2.30. The third kappa shape index (κ3) is 3.75. The van der Waals surface area contributed by atoms with E-state index in [0.29, 0.717) is 31.2 Å². The number of carbonyl (C=O) groups is 1. The molecule has 2 aromatic rings. The van der Waals surface area contributed by atoms with E-state index in [-0.39, 0.29) is 5.91 Å². The van der Waals surface area contributed by atoms with Crippen molar-refractivity contribution in [1.82, 2.24) is 14.2 Å². The van der Waals surface area contributed by atoms with Gasteiger partial charge in [0.05, 0.1) is 10.7 Å². The van der Waals surface area contributed by atoms with Crippen LogP contribution in [0.1, 0.15) is 23.3 Å². The van der Waals surface area contributed by atoms with Crippen molar-refractivity contribution in [3.8, 4) is 0 Å². The molecule has 6 nitrogen and oxygen atoms in total. The van der Waals surface area contributed by atoms with Crippen LogP contribution in [-0.4, -0.2) is 49.1 Å². The SMILES string of the molecule is Cn1c(C(=O)NCC2CCN(S(C)(=O)=O)CC2)c(Br)c2ccccc21. The number of rotatable bonds is 4. The molecule has 2 heterocycles. The fraction of sp³-hybridized carbons (Fsp3) is 0.471. The van der Waals surface area contributed by atoms with E-state index in [9.17, 15) is 13.2 Å². The maximum absolute atomic E-state index is 12.7. The van der Waals surface area contributed by atoms with E-state index < -0.39 is 10.0 Å². The monoisotopic (exact) mass is 427 g/mol. The average molecular weight is 428 g/mol. The topological polar surface area (TPSA) is 71.4 Å². The Morgan fingerprint density at radius 3 is 2.52 bits per heavy atom. The maximum Gasteiger partial charge on any atom is 0.269 e. The molecule has 0 unspecified atom stereocenters. The molecule has 1 amide bonds. The molecule has 0 atom stereocenters. The summed E-state index contributed by atoms with van der Waals surface area (Å²) >= 11 is 3.54. The lowest BCUT2D eigenvalue weighted by molar-refractivity contribution is 0.0933. The number of hydrogen-bond donors (Lipinski definition) is 1. The minimum Gasteiger partial charge on any atom is -0.350 e. The summed E-state index contributed by atoms with van der Waals surface area (Å²) in [6.07, 6.45) is 2.78. The van der Waals surface area contributed by atoms with Gasteiger partial charge in [0.25, 0.3) is 5.91 Å². The van der Waals surface area contributed by atoms with E-state index in [0.717, 1.165) is 28.2 Å². The smallest absolute Gasteiger partial charge is 0.269 e. The van der Waals surface area contributed by atoms with Crippen molar-refractivity contribution in [2.45, 2.75) is 12.8 Å². The predicted molar refractivity (Wildman–Crippen MR) is 102 cm³/mol. The Hall–Kier alpha value is -1.38. The highest BCUT2D eigenvalue weighted by Gasteiger charge is 2.26. The van der Waals surface area contributed by atoms with Crippen molar-refractivity contribution in [3.05, 3.63) is 34.4 Å². The molecular formula is C17H22BrN3O3S. The quantitative estimate of drug-likeness (QED) is 0.813. The van der Waals surface area contributed by atoms with Crippen LogP contribution in [-0.2, 0) is 17.1 Å². The number of aromatic nitrogens is 1. The molecule has 1 aliphatic heterocycles. The van der Waals surface area contributed by atoms with E-state index in [4.69, 9.17) is 0 Å². The molecule has 1 aromatic heterocycles. The second kappa shape index (κ2) is 7.09. The molecule has 1 fully saturated rings. The number of aryl methyl sites for hydroxylation is 1. The van der Waals surface area contributed by atoms with Crippen molar-refractivity contribution in [3.63, 3.8) is 0 Å². The van der Waals surface area contributed by atoms with Crippen LogP contribution in [0.5, 0.6) is 0 Å². The number of amides is 1. The Kier molecular flexibility index (Phi) is 5.22. The molecular weight excluding hydrogens is 406 g/mol. The Labute approximate surface area is 156 Å². The van der Waals surface area contributed by atoms with E-state index >= 15 is 0 Å². The van der Waals surface area contributed by atoms with Crippen molar-refractivity contribution in [1.29, 1.82) is 0 Å². The Bertz CT molecular complexity index is 860. The van der Waals surface area contributed by atoms with Crippen LogP contribution < -0.4 is 5.32 Å². The molecule has 1 saturated heterocycles. The van der Waals surface area contributed by atoms with Gasteiger partial charge < -0.3 is 9.88 Å². The third-order valence-electron chi connectivity index (χ3n) is 4.85. The normalized spacial score (nSPS) is 17.1. The Balaban J connectivity index is 1.65. The van der Waals surface area contributed by atoms with Crippen LogP contribution in [0, 0.1) is 5.92 Å². The fourth-order valence-corrected chi connectivity index (χ4v) is 5.02. The number of nitrogens with one attached hydrogen (secondary N) is 1. The van der Waals surface area contributed by atoms with Crippen LogP contribution in [0.2, 0.25) is 0 Å². The number of para-hydroxylation sites is 1. The molecule has 136 valence electrons. The first-order chi connectivity index (χ1) is 11.8. The number of nitrogens with zero attached hydrogens (tertiary/aromatic N) is 2. The van der Waals surface area contributed by atoms with Gasteiger partial charge in [-0.15, -0.1) is 0 Å². The summed E-state index contributed by atoms with van der Waals surface area (Å²) in [5.74, 6) is 0.187. The minimum atomic E-state index is -3.11. The summed E-state index contributed by atoms with van der Waals surface area (Å²) in [5.41, 5.74) is 1.61. The zero-order valence-electron chi connectivity index (χ0n) is 14.3. The van der Waals surface area contributed by atoms with Gasteiger partial charge in [-0.1, -0.05) is 18.2 Å². The fourth-order valence-electron chi connectivity index (χ4n) is 3.36. The maximum atomic E-state index is 12.7. The lowest BCUT2D eigenvalue weighted by Crippen LogP contribution is -2.41. The number of sulfonamides is 1. The van der Waals surface area contributed by atoms with Crippen LogP contribution >= 0.6 is 15.9 Å². The second-order valence-corrected chi connectivity index (χ2v) is 9.33. The molecule has 0 radical (unpaired) electrons. The largest absolute Gasteiger partial charge is 0.350 e. The summed E-state index contributed by atoms with van der Waals surface area (Å²) in [5, 5.41) is 4.02. The van der Waals surface area contributed by atoms with E-state index in [1.54, 1.807) is 0 Å². The highest BCUT2D eigenvalue weighted by Crippen LogP contribution is 2.30. The molecule has 0 bridgehead atoms. The summed E-state index contributed by atoms with van der Waals surface area (Å²) in [7, 11) is -1.23. The van der Waals surface area contributed by atoms with Gasteiger partial charge in [0.2, 0.25) is 10.0 Å². The van der Waals surface area contributed by atoms with Crippen LogP contribution in [0.25, 0.3) is 10.9 Å². The molecule has 25 heavy (non-hydrogen) atoms. The Morgan fingerprint density at radius 1 is 1.28 bits per heavy atom. The first-order valence-corrected chi connectivity index (χ1v) is 10.9. The molecule has 0 spiro atoms. The number of halogens is 1. The zero-order valence-corrected chi connectivity index (χ0v) is 16.7.